The van der Waals surface area contributed by atoms with E-state index in [-0.39, 0.29) is 24.0 Å². The van der Waals surface area contributed by atoms with E-state index in [4.69, 9.17) is 14.2 Å². The van der Waals surface area contributed by atoms with Gasteiger partial charge in [0, 0.05) is 6.07 Å². The Bertz CT molecular complexity index is 754. The number of nitro groups is 1. The molecule has 3 rings (SSSR count). The lowest BCUT2D eigenvalue weighted by Crippen LogP contribution is -2.03. The fourth-order valence-electron chi connectivity index (χ4n) is 2.01. The smallest absolute Gasteiger partial charge is 0.348 e. The zero-order valence-electron chi connectivity index (χ0n) is 11.5. The lowest BCUT2D eigenvalue weighted by molar-refractivity contribution is -0.385. The minimum Gasteiger partial charge on any atom is -0.457 e. The molecule has 1 aromatic carbocycles. The van der Waals surface area contributed by atoms with Gasteiger partial charge in [0.2, 0.25) is 6.79 Å². The molecule has 0 radical (unpaired) electrons. The number of ether oxygens (including phenoxy) is 3. The molecule has 1 aromatic heterocycles. The number of esters is 1. The van der Waals surface area contributed by atoms with Crippen molar-refractivity contribution in [2.75, 3.05) is 6.79 Å². The molecule has 0 amide bonds. The van der Waals surface area contributed by atoms with Crippen LogP contribution < -0.4 is 9.47 Å². The number of carbonyl (C=O) groups is 1. The van der Waals surface area contributed by atoms with E-state index < -0.39 is 10.9 Å². The zero-order chi connectivity index (χ0) is 15.7. The topological polar surface area (TPSA) is 87.9 Å². The molecule has 22 heavy (non-hydrogen) atoms. The number of rotatable bonds is 4. The molecule has 0 saturated heterocycles. The van der Waals surface area contributed by atoms with Crippen LogP contribution in [0.4, 0.5) is 5.69 Å². The molecule has 0 fully saturated rings. The summed E-state index contributed by atoms with van der Waals surface area (Å²) in [5, 5.41) is 10.8. The van der Waals surface area contributed by atoms with E-state index in [0.29, 0.717) is 16.4 Å². The van der Waals surface area contributed by atoms with Crippen LogP contribution in [0.25, 0.3) is 0 Å². The van der Waals surface area contributed by atoms with Crippen LogP contribution >= 0.6 is 11.3 Å². The second kappa shape index (κ2) is 5.64. The van der Waals surface area contributed by atoms with Crippen LogP contribution in [0, 0.1) is 17.0 Å². The summed E-state index contributed by atoms with van der Waals surface area (Å²) in [6.45, 7) is 1.83. The highest BCUT2D eigenvalue weighted by Crippen LogP contribution is 2.33. The second-order valence-corrected chi connectivity index (χ2v) is 5.83. The third-order valence-corrected chi connectivity index (χ3v) is 4.12. The standard InChI is InChI=1S/C14H11NO6S/c1-8-10(15(17)18)5-13(22-8)14(16)19-6-9-2-3-11-12(4-9)21-7-20-11/h2-5H,6-7H2,1H3. The number of thiophene rings is 1. The lowest BCUT2D eigenvalue weighted by atomic mass is 10.2. The molecule has 0 unspecified atom stereocenters. The number of aryl methyl sites for hydroxylation is 1. The maximum atomic E-state index is 11.9. The van der Waals surface area contributed by atoms with Crippen molar-refractivity contribution < 1.29 is 23.9 Å². The number of hydrogen-bond acceptors (Lipinski definition) is 7. The van der Waals surface area contributed by atoms with Gasteiger partial charge in [0.15, 0.2) is 11.5 Å². The molecular formula is C14H11NO6S. The molecule has 0 aliphatic carbocycles. The van der Waals surface area contributed by atoms with Crippen molar-refractivity contribution in [1.82, 2.24) is 0 Å². The predicted molar refractivity (Wildman–Crippen MR) is 77.4 cm³/mol. The van der Waals surface area contributed by atoms with Crippen molar-refractivity contribution in [3.05, 3.63) is 49.7 Å². The molecule has 0 N–H and O–H groups in total. The van der Waals surface area contributed by atoms with Gasteiger partial charge in [-0.05, 0) is 24.6 Å². The number of hydrogen-bond donors (Lipinski definition) is 0. The Hall–Kier alpha value is -2.61. The van der Waals surface area contributed by atoms with Crippen molar-refractivity contribution in [2.45, 2.75) is 13.5 Å². The molecule has 1 aliphatic rings. The normalized spacial score (nSPS) is 12.2. The summed E-state index contributed by atoms with van der Waals surface area (Å²) in [6.07, 6.45) is 0. The maximum absolute atomic E-state index is 11.9. The molecule has 0 bridgehead atoms. The summed E-state index contributed by atoms with van der Waals surface area (Å²) in [4.78, 5) is 22.9. The molecule has 1 aliphatic heterocycles. The minimum atomic E-state index is -0.584. The van der Waals surface area contributed by atoms with Crippen molar-refractivity contribution in [3.63, 3.8) is 0 Å². The molecular weight excluding hydrogens is 310 g/mol. The van der Waals surface area contributed by atoms with Crippen LogP contribution in [0.1, 0.15) is 20.1 Å². The Balaban J connectivity index is 1.67. The fraction of sp³-hybridized carbons (Fsp3) is 0.214. The largest absolute Gasteiger partial charge is 0.457 e. The molecule has 0 spiro atoms. The van der Waals surface area contributed by atoms with E-state index in [1.807, 2.05) is 0 Å². The van der Waals surface area contributed by atoms with Crippen LogP contribution in [0.3, 0.4) is 0 Å². The Labute approximate surface area is 129 Å². The Morgan fingerprint density at radius 2 is 2.14 bits per heavy atom. The van der Waals surface area contributed by atoms with E-state index in [9.17, 15) is 14.9 Å². The Morgan fingerprint density at radius 1 is 1.36 bits per heavy atom. The van der Waals surface area contributed by atoms with E-state index in [0.717, 1.165) is 16.9 Å². The Kier molecular flexibility index (Phi) is 3.68. The van der Waals surface area contributed by atoms with Gasteiger partial charge in [-0.3, -0.25) is 10.1 Å². The molecule has 114 valence electrons. The quantitative estimate of drug-likeness (QED) is 0.488. The first-order chi connectivity index (χ1) is 10.5. The van der Waals surface area contributed by atoms with Gasteiger partial charge in [-0.15, -0.1) is 11.3 Å². The van der Waals surface area contributed by atoms with E-state index in [1.54, 1.807) is 25.1 Å². The predicted octanol–water partition coefficient (Wildman–Crippen LogP) is 3.05. The fourth-order valence-corrected chi connectivity index (χ4v) is 2.89. The van der Waals surface area contributed by atoms with Gasteiger partial charge in [0.05, 0.1) is 9.80 Å². The third kappa shape index (κ3) is 2.73. The van der Waals surface area contributed by atoms with E-state index in [2.05, 4.69) is 0 Å². The van der Waals surface area contributed by atoms with Gasteiger partial charge in [-0.1, -0.05) is 6.07 Å². The SMILES string of the molecule is Cc1sc(C(=O)OCc2ccc3c(c2)OCO3)cc1[N+](=O)[O-]. The molecule has 7 nitrogen and oxygen atoms in total. The van der Waals surface area contributed by atoms with E-state index in [1.165, 1.54) is 6.07 Å². The highest BCUT2D eigenvalue weighted by atomic mass is 32.1. The summed E-state index contributed by atoms with van der Waals surface area (Å²) >= 11 is 1.05. The Morgan fingerprint density at radius 3 is 2.86 bits per heavy atom. The van der Waals surface area contributed by atoms with E-state index >= 15 is 0 Å². The van der Waals surface area contributed by atoms with Crippen LogP contribution in [0.15, 0.2) is 24.3 Å². The number of nitrogens with zero attached hydrogens (tertiary/aromatic N) is 1. The molecule has 0 atom stereocenters. The number of fused-ring (bicyclic) bond motifs is 1. The molecule has 8 heteroatoms. The third-order valence-electron chi connectivity index (χ3n) is 3.10. The summed E-state index contributed by atoms with van der Waals surface area (Å²) in [5.41, 5.74) is 0.681. The highest BCUT2D eigenvalue weighted by Gasteiger charge is 2.21. The van der Waals surface area contributed by atoms with Crippen LogP contribution in [-0.2, 0) is 11.3 Å². The zero-order valence-corrected chi connectivity index (χ0v) is 12.3. The molecule has 2 heterocycles. The highest BCUT2D eigenvalue weighted by molar-refractivity contribution is 7.14. The summed E-state index contributed by atoms with van der Waals surface area (Å²) in [5.74, 6) is 0.676. The first kappa shape index (κ1) is 14.3. The average molecular weight is 321 g/mol. The van der Waals surface area contributed by atoms with Crippen molar-refractivity contribution in [2.24, 2.45) is 0 Å². The maximum Gasteiger partial charge on any atom is 0.348 e. The molecule has 2 aromatic rings. The lowest BCUT2D eigenvalue weighted by Gasteiger charge is -2.04. The number of benzene rings is 1. The first-order valence-corrected chi connectivity index (χ1v) is 7.16. The minimum absolute atomic E-state index is 0.0558. The van der Waals surface area contributed by atoms with Gasteiger partial charge >= 0.3 is 5.97 Å². The van der Waals surface area contributed by atoms with Crippen LogP contribution in [0.2, 0.25) is 0 Å². The van der Waals surface area contributed by atoms with Crippen LogP contribution in [-0.4, -0.2) is 17.7 Å². The van der Waals surface area contributed by atoms with Gasteiger partial charge in [-0.2, -0.15) is 0 Å². The van der Waals surface area contributed by atoms with Crippen molar-refractivity contribution >= 4 is 23.0 Å². The van der Waals surface area contributed by atoms with Crippen LogP contribution in [0.5, 0.6) is 11.5 Å². The summed E-state index contributed by atoms with van der Waals surface area (Å²) in [7, 11) is 0. The number of carbonyl (C=O) groups excluding carboxylic acids is 1. The second-order valence-electron chi connectivity index (χ2n) is 4.57. The first-order valence-electron chi connectivity index (χ1n) is 6.35. The summed E-state index contributed by atoms with van der Waals surface area (Å²) in [6, 6.07) is 6.48. The average Bonchev–Trinajstić information content (AvgIpc) is 3.10. The molecule has 0 saturated carbocycles. The monoisotopic (exact) mass is 321 g/mol. The van der Waals surface area contributed by atoms with Gasteiger partial charge < -0.3 is 14.2 Å². The van der Waals surface area contributed by atoms with Crippen molar-refractivity contribution in [1.29, 1.82) is 0 Å². The van der Waals surface area contributed by atoms with Crippen molar-refractivity contribution in [3.8, 4) is 11.5 Å². The van der Waals surface area contributed by atoms with Gasteiger partial charge in [-0.25, -0.2) is 4.79 Å². The summed E-state index contributed by atoms with van der Waals surface area (Å²) < 4.78 is 15.6. The van der Waals surface area contributed by atoms with Gasteiger partial charge in [0.1, 0.15) is 11.5 Å². The van der Waals surface area contributed by atoms with Gasteiger partial charge in [0.25, 0.3) is 5.69 Å².